The highest BCUT2D eigenvalue weighted by molar-refractivity contribution is 7.89. The van der Waals surface area contributed by atoms with Crippen LogP contribution in [0.4, 0.5) is 0 Å². The Bertz CT molecular complexity index is 495. The molecule has 0 aliphatic rings. The van der Waals surface area contributed by atoms with Crippen molar-refractivity contribution in [1.29, 1.82) is 0 Å². The van der Waals surface area contributed by atoms with Gasteiger partial charge in [0.05, 0.1) is 12.0 Å². The van der Waals surface area contributed by atoms with E-state index in [0.717, 1.165) is 0 Å². The monoisotopic (exact) mass is 273 g/mol. The quantitative estimate of drug-likeness (QED) is 0.765. The molecule has 0 aliphatic heterocycles. The number of esters is 1. The molecule has 0 unspecified atom stereocenters. The van der Waals surface area contributed by atoms with Crippen molar-refractivity contribution < 1.29 is 22.7 Å². The van der Waals surface area contributed by atoms with Gasteiger partial charge in [0.2, 0.25) is 10.0 Å². The fourth-order valence-electron chi connectivity index (χ4n) is 1.19. The molecular weight excluding hydrogens is 258 g/mol. The standard InChI is InChI=1S/C11H15NO5S/c1-3-12-18(14,15)10-6-4-9(5-7-10)17-8-11(13)16-2/h4-7,12H,3,8H2,1-2H3. The second-order valence-corrected chi connectivity index (χ2v) is 5.10. The molecule has 1 aromatic carbocycles. The van der Waals surface area contributed by atoms with Crippen molar-refractivity contribution in [1.82, 2.24) is 4.72 Å². The highest BCUT2D eigenvalue weighted by Crippen LogP contribution is 2.15. The number of nitrogens with one attached hydrogen (secondary N) is 1. The Kier molecular flexibility index (Phi) is 5.11. The number of carbonyl (C=O) groups is 1. The lowest BCUT2D eigenvalue weighted by atomic mass is 10.3. The minimum Gasteiger partial charge on any atom is -0.482 e. The number of methoxy groups -OCH3 is 1. The molecule has 1 N–H and O–H groups in total. The van der Waals surface area contributed by atoms with Crippen LogP contribution in [0.1, 0.15) is 6.92 Å². The molecule has 0 aliphatic carbocycles. The summed E-state index contributed by atoms with van der Waals surface area (Å²) in [5, 5.41) is 0. The van der Waals surface area contributed by atoms with E-state index in [0.29, 0.717) is 12.3 Å². The highest BCUT2D eigenvalue weighted by atomic mass is 32.2. The van der Waals surface area contributed by atoms with Gasteiger partial charge in [0.1, 0.15) is 5.75 Å². The normalized spacial score (nSPS) is 11.0. The largest absolute Gasteiger partial charge is 0.482 e. The topological polar surface area (TPSA) is 81.7 Å². The van der Waals surface area contributed by atoms with E-state index in [4.69, 9.17) is 4.74 Å². The molecule has 100 valence electrons. The van der Waals surface area contributed by atoms with Gasteiger partial charge >= 0.3 is 5.97 Å². The molecule has 1 rings (SSSR count). The Labute approximate surface area is 106 Å². The molecule has 0 atom stereocenters. The molecular formula is C11H15NO5S. The molecule has 6 nitrogen and oxygen atoms in total. The van der Waals surface area contributed by atoms with E-state index in [-0.39, 0.29) is 11.5 Å². The van der Waals surface area contributed by atoms with Crippen LogP contribution < -0.4 is 9.46 Å². The van der Waals surface area contributed by atoms with E-state index in [9.17, 15) is 13.2 Å². The van der Waals surface area contributed by atoms with E-state index >= 15 is 0 Å². The minimum atomic E-state index is -3.46. The first-order chi connectivity index (χ1) is 8.49. The van der Waals surface area contributed by atoms with Crippen molar-refractivity contribution >= 4 is 16.0 Å². The van der Waals surface area contributed by atoms with Crippen LogP contribution in [0.15, 0.2) is 29.2 Å². The van der Waals surface area contributed by atoms with Crippen molar-refractivity contribution in [2.24, 2.45) is 0 Å². The van der Waals surface area contributed by atoms with Gasteiger partial charge in [0.15, 0.2) is 6.61 Å². The van der Waals surface area contributed by atoms with Gasteiger partial charge in [-0.2, -0.15) is 0 Å². The van der Waals surface area contributed by atoms with Gasteiger partial charge in [-0.15, -0.1) is 0 Å². The number of carbonyl (C=O) groups excluding carboxylic acids is 1. The lowest BCUT2D eigenvalue weighted by Gasteiger charge is -2.07. The Morgan fingerprint density at radius 1 is 1.28 bits per heavy atom. The maximum atomic E-state index is 11.6. The molecule has 0 aromatic heterocycles. The van der Waals surface area contributed by atoms with Crippen molar-refractivity contribution in [3.63, 3.8) is 0 Å². The lowest BCUT2D eigenvalue weighted by Crippen LogP contribution is -2.23. The molecule has 0 spiro atoms. The van der Waals surface area contributed by atoms with Gasteiger partial charge in [-0.25, -0.2) is 17.9 Å². The number of hydrogen-bond donors (Lipinski definition) is 1. The Hall–Kier alpha value is -1.60. The van der Waals surface area contributed by atoms with E-state index in [1.807, 2.05) is 0 Å². The smallest absolute Gasteiger partial charge is 0.343 e. The summed E-state index contributed by atoms with van der Waals surface area (Å²) >= 11 is 0. The number of hydrogen-bond acceptors (Lipinski definition) is 5. The van der Waals surface area contributed by atoms with Gasteiger partial charge in [-0.05, 0) is 24.3 Å². The molecule has 0 radical (unpaired) electrons. The van der Waals surface area contributed by atoms with Gasteiger partial charge in [-0.3, -0.25) is 0 Å². The predicted octanol–water partition coefficient (Wildman–Crippen LogP) is 0.537. The first-order valence-corrected chi connectivity index (χ1v) is 6.77. The van der Waals surface area contributed by atoms with Gasteiger partial charge < -0.3 is 9.47 Å². The molecule has 1 aromatic rings. The van der Waals surface area contributed by atoms with E-state index < -0.39 is 16.0 Å². The molecule has 18 heavy (non-hydrogen) atoms. The van der Waals surface area contributed by atoms with Gasteiger partial charge in [-0.1, -0.05) is 6.92 Å². The molecule has 0 fully saturated rings. The van der Waals surface area contributed by atoms with Gasteiger partial charge in [0.25, 0.3) is 0 Å². The highest BCUT2D eigenvalue weighted by Gasteiger charge is 2.12. The zero-order valence-corrected chi connectivity index (χ0v) is 11.0. The minimum absolute atomic E-state index is 0.148. The summed E-state index contributed by atoms with van der Waals surface area (Å²) in [6.45, 7) is 1.81. The maximum absolute atomic E-state index is 11.6. The molecule has 0 heterocycles. The summed E-state index contributed by atoms with van der Waals surface area (Å²) < 4.78 is 35.1. The van der Waals surface area contributed by atoms with Crippen LogP contribution in [-0.2, 0) is 19.6 Å². The molecule has 0 bridgehead atoms. The van der Waals surface area contributed by atoms with Crippen LogP contribution in [0.25, 0.3) is 0 Å². The average molecular weight is 273 g/mol. The Morgan fingerprint density at radius 2 is 1.89 bits per heavy atom. The van der Waals surface area contributed by atoms with Crippen LogP contribution in [0.3, 0.4) is 0 Å². The van der Waals surface area contributed by atoms with Crippen LogP contribution in [0.5, 0.6) is 5.75 Å². The first-order valence-electron chi connectivity index (χ1n) is 5.29. The summed E-state index contributed by atoms with van der Waals surface area (Å²) in [6.07, 6.45) is 0. The number of sulfonamides is 1. The van der Waals surface area contributed by atoms with E-state index in [1.165, 1.54) is 31.4 Å². The zero-order chi connectivity index (χ0) is 13.6. The van der Waals surface area contributed by atoms with Gasteiger partial charge in [0, 0.05) is 6.54 Å². The SMILES string of the molecule is CCNS(=O)(=O)c1ccc(OCC(=O)OC)cc1. The fraction of sp³-hybridized carbons (Fsp3) is 0.364. The van der Waals surface area contributed by atoms with Crippen LogP contribution in [0.2, 0.25) is 0 Å². The summed E-state index contributed by atoms with van der Waals surface area (Å²) in [7, 11) is -2.20. The third kappa shape index (κ3) is 4.01. The van der Waals surface area contributed by atoms with Crippen LogP contribution in [0, 0.1) is 0 Å². The number of benzene rings is 1. The van der Waals surface area contributed by atoms with Crippen LogP contribution in [-0.4, -0.2) is 34.6 Å². The van der Waals surface area contributed by atoms with Crippen LogP contribution >= 0.6 is 0 Å². The maximum Gasteiger partial charge on any atom is 0.343 e. The predicted molar refractivity (Wildman–Crippen MR) is 64.8 cm³/mol. The Balaban J connectivity index is 2.71. The zero-order valence-electron chi connectivity index (χ0n) is 10.2. The van der Waals surface area contributed by atoms with Crippen molar-refractivity contribution in [3.8, 4) is 5.75 Å². The average Bonchev–Trinajstić information content (AvgIpc) is 2.36. The van der Waals surface area contributed by atoms with E-state index in [2.05, 4.69) is 9.46 Å². The summed E-state index contributed by atoms with van der Waals surface area (Å²) in [5.74, 6) is -0.102. The van der Waals surface area contributed by atoms with Crippen molar-refractivity contribution in [2.75, 3.05) is 20.3 Å². The second-order valence-electron chi connectivity index (χ2n) is 3.34. The fourth-order valence-corrected chi connectivity index (χ4v) is 2.23. The molecule has 0 saturated carbocycles. The summed E-state index contributed by atoms with van der Waals surface area (Å²) in [6, 6.07) is 5.77. The summed E-state index contributed by atoms with van der Waals surface area (Å²) in [5.41, 5.74) is 0. The van der Waals surface area contributed by atoms with Crippen molar-refractivity contribution in [2.45, 2.75) is 11.8 Å². The molecule has 7 heteroatoms. The summed E-state index contributed by atoms with van der Waals surface area (Å²) in [4.78, 5) is 11.0. The Morgan fingerprint density at radius 3 is 2.39 bits per heavy atom. The second kappa shape index (κ2) is 6.36. The molecule has 0 amide bonds. The van der Waals surface area contributed by atoms with Crippen molar-refractivity contribution in [3.05, 3.63) is 24.3 Å². The number of ether oxygens (including phenoxy) is 2. The third-order valence-corrected chi connectivity index (χ3v) is 3.61. The third-order valence-electron chi connectivity index (χ3n) is 2.05. The molecule has 0 saturated heterocycles. The number of rotatable bonds is 6. The lowest BCUT2D eigenvalue weighted by molar-refractivity contribution is -0.142. The first kappa shape index (κ1) is 14.5. The van der Waals surface area contributed by atoms with E-state index in [1.54, 1.807) is 6.92 Å².